The summed E-state index contributed by atoms with van der Waals surface area (Å²) < 4.78 is 32.9. The Morgan fingerprint density at radius 2 is 2.36 bits per heavy atom. The Morgan fingerprint density at radius 1 is 1.73 bits per heavy atom. The topological polar surface area (TPSA) is 47.0 Å². The fourth-order valence-electron chi connectivity index (χ4n) is 0.502. The van der Waals surface area contributed by atoms with E-state index >= 15 is 0 Å². The van der Waals surface area contributed by atoms with Crippen LogP contribution in [0.2, 0.25) is 0 Å². The minimum absolute atomic E-state index is 0.249. The van der Waals surface area contributed by atoms with Gasteiger partial charge in [-0.25, -0.2) is 4.98 Å². The maximum absolute atomic E-state index is 12.0. The van der Waals surface area contributed by atoms with Crippen molar-refractivity contribution in [2.75, 3.05) is 0 Å². The zero-order valence-electron chi connectivity index (χ0n) is 5.12. The van der Waals surface area contributed by atoms with E-state index in [9.17, 15) is 12.3 Å². The lowest BCUT2D eigenvalue weighted by Gasteiger charge is -1.86. The third kappa shape index (κ3) is 3.26. The quantitative estimate of drug-likeness (QED) is 0.760. The lowest BCUT2D eigenvalue weighted by molar-refractivity contribution is 0.551. The van der Waals surface area contributed by atoms with Crippen LogP contribution < -0.4 is 0 Å². The van der Waals surface area contributed by atoms with E-state index in [0.29, 0.717) is 3.79 Å². The highest BCUT2D eigenvalue weighted by Gasteiger charge is 2.11. The number of thiazole rings is 1. The molecule has 0 atom stereocenters. The highest BCUT2D eigenvalue weighted by atomic mass is 79.9. The second kappa shape index (κ2) is 3.16. The molecular weight excluding hydrogens is 257 g/mol. The summed E-state index contributed by atoms with van der Waals surface area (Å²) in [6, 6.07) is 0. The summed E-state index contributed by atoms with van der Waals surface area (Å²) >= 11 is 4.18. The molecule has 62 valence electrons. The Hall–Kier alpha value is -0.0100. The van der Waals surface area contributed by atoms with Crippen LogP contribution in [0.1, 0.15) is 5.01 Å². The zero-order valence-corrected chi connectivity index (χ0v) is 8.34. The summed E-state index contributed by atoms with van der Waals surface area (Å²) in [6.45, 7) is 0. The van der Waals surface area contributed by atoms with Gasteiger partial charge in [-0.15, -0.1) is 15.2 Å². The van der Waals surface area contributed by atoms with E-state index in [1.807, 2.05) is 0 Å². The number of hydrogen-bond acceptors (Lipinski definition) is 4. The summed E-state index contributed by atoms with van der Waals surface area (Å²) in [5.74, 6) is -0.636. The number of aromatic nitrogens is 1. The molecule has 3 nitrogen and oxygen atoms in total. The van der Waals surface area contributed by atoms with Gasteiger partial charge in [0.2, 0.25) is 0 Å². The molecule has 11 heavy (non-hydrogen) atoms. The molecule has 0 spiro atoms. The molecule has 1 aromatic heterocycles. The average Bonchev–Trinajstić information content (AvgIpc) is 2.10. The van der Waals surface area contributed by atoms with Gasteiger partial charge in [0.05, 0.1) is 9.98 Å². The Labute approximate surface area is 75.6 Å². The van der Waals surface area contributed by atoms with E-state index in [2.05, 4.69) is 20.9 Å². The maximum Gasteiger partial charge on any atom is 0.308 e. The zero-order chi connectivity index (χ0) is 8.48. The molecule has 0 unspecified atom stereocenters. The van der Waals surface area contributed by atoms with Crippen LogP contribution in [0.15, 0.2) is 9.98 Å². The summed E-state index contributed by atoms with van der Waals surface area (Å²) in [7, 11) is -4.44. The van der Waals surface area contributed by atoms with Crippen molar-refractivity contribution in [2.24, 2.45) is 0 Å². The average molecular weight is 260 g/mol. The van der Waals surface area contributed by atoms with E-state index in [1.54, 1.807) is 0 Å². The van der Waals surface area contributed by atoms with Crippen molar-refractivity contribution in [3.8, 4) is 0 Å². The summed E-state index contributed by atoms with van der Waals surface area (Å²) in [6.07, 6.45) is 1.44. The molecule has 1 rings (SSSR count). The Kier molecular flexibility index (Phi) is 2.61. The Morgan fingerprint density at radius 3 is 2.73 bits per heavy atom. The summed E-state index contributed by atoms with van der Waals surface area (Å²) in [5.41, 5.74) is 0. The molecule has 0 aliphatic heterocycles. The molecule has 0 saturated carbocycles. The molecule has 0 fully saturated rings. The molecule has 0 N–H and O–H groups in total. The van der Waals surface area contributed by atoms with Gasteiger partial charge >= 0.3 is 10.2 Å². The minimum atomic E-state index is -4.44. The fraction of sp³-hybridized carbons (Fsp3) is 0.250. The SMILES string of the molecule is O=S(=O)(F)Cc1ncc(Br)s1. The van der Waals surface area contributed by atoms with Crippen molar-refractivity contribution >= 4 is 37.5 Å². The normalized spacial score (nSPS) is 11.8. The Balaban J connectivity index is 2.81. The van der Waals surface area contributed by atoms with Crippen molar-refractivity contribution in [1.29, 1.82) is 0 Å². The van der Waals surface area contributed by atoms with Gasteiger partial charge < -0.3 is 0 Å². The lowest BCUT2D eigenvalue weighted by atomic mass is 10.8. The highest BCUT2D eigenvalue weighted by Crippen LogP contribution is 2.20. The molecule has 0 bridgehead atoms. The first-order valence-corrected chi connectivity index (χ1v) is 5.66. The van der Waals surface area contributed by atoms with E-state index < -0.39 is 16.0 Å². The molecule has 1 aromatic rings. The monoisotopic (exact) mass is 259 g/mol. The van der Waals surface area contributed by atoms with Crippen LogP contribution in [0.5, 0.6) is 0 Å². The predicted molar refractivity (Wildman–Crippen MR) is 43.5 cm³/mol. The van der Waals surface area contributed by atoms with Crippen LogP contribution in [0.25, 0.3) is 0 Å². The predicted octanol–water partition coefficient (Wildman–Crippen LogP) is 1.70. The standard InChI is InChI=1S/C4H3BrFNO2S2/c5-3-1-7-4(10-3)2-11(6,8)9/h1H,2H2. The first-order chi connectivity index (χ1) is 4.97. The van der Waals surface area contributed by atoms with Crippen molar-refractivity contribution in [3.05, 3.63) is 15.0 Å². The number of hydrogen-bond donors (Lipinski definition) is 0. The van der Waals surface area contributed by atoms with Crippen molar-refractivity contribution in [1.82, 2.24) is 4.98 Å². The van der Waals surface area contributed by atoms with Crippen molar-refractivity contribution in [2.45, 2.75) is 5.75 Å². The third-order valence-corrected chi connectivity index (χ3v) is 3.10. The first kappa shape index (κ1) is 9.08. The van der Waals surface area contributed by atoms with Gasteiger partial charge in [-0.05, 0) is 15.9 Å². The van der Waals surface area contributed by atoms with Crippen LogP contribution in [0.4, 0.5) is 3.89 Å². The van der Waals surface area contributed by atoms with Gasteiger partial charge in [0.25, 0.3) is 0 Å². The molecule has 0 aliphatic rings. The van der Waals surface area contributed by atoms with Crippen molar-refractivity contribution < 1.29 is 12.3 Å². The largest absolute Gasteiger partial charge is 0.308 e. The molecule has 0 radical (unpaired) electrons. The van der Waals surface area contributed by atoms with Crippen LogP contribution >= 0.6 is 27.3 Å². The van der Waals surface area contributed by atoms with Crippen LogP contribution in [0, 0.1) is 0 Å². The van der Waals surface area contributed by atoms with Crippen molar-refractivity contribution in [3.63, 3.8) is 0 Å². The molecule has 7 heteroatoms. The van der Waals surface area contributed by atoms with Gasteiger partial charge in [-0.1, -0.05) is 0 Å². The van der Waals surface area contributed by atoms with Crippen LogP contribution in [0.3, 0.4) is 0 Å². The molecule has 0 aromatic carbocycles. The summed E-state index contributed by atoms with van der Waals surface area (Å²) in [4.78, 5) is 3.65. The number of halogens is 2. The van der Waals surface area contributed by atoms with Gasteiger partial charge in [-0.3, -0.25) is 0 Å². The lowest BCUT2D eigenvalue weighted by Crippen LogP contribution is -1.94. The third-order valence-electron chi connectivity index (χ3n) is 0.821. The molecular formula is C4H3BrFNO2S2. The maximum atomic E-state index is 12.0. The van der Waals surface area contributed by atoms with Crippen LogP contribution in [-0.4, -0.2) is 13.4 Å². The fourth-order valence-corrected chi connectivity index (χ4v) is 2.63. The van der Waals surface area contributed by atoms with E-state index in [-0.39, 0.29) is 5.01 Å². The Bertz CT molecular complexity index is 347. The van der Waals surface area contributed by atoms with E-state index in [1.165, 1.54) is 6.20 Å². The first-order valence-electron chi connectivity index (χ1n) is 2.50. The smallest absolute Gasteiger partial charge is 0.247 e. The molecule has 0 amide bonds. The second-order valence-corrected chi connectivity index (χ2v) is 5.60. The number of nitrogens with zero attached hydrogens (tertiary/aromatic N) is 1. The van der Waals surface area contributed by atoms with E-state index in [0.717, 1.165) is 11.3 Å². The molecule has 0 saturated heterocycles. The minimum Gasteiger partial charge on any atom is -0.247 e. The van der Waals surface area contributed by atoms with E-state index in [4.69, 9.17) is 0 Å². The molecule has 0 aliphatic carbocycles. The second-order valence-electron chi connectivity index (χ2n) is 1.74. The highest BCUT2D eigenvalue weighted by molar-refractivity contribution is 9.11. The van der Waals surface area contributed by atoms with Gasteiger partial charge in [0.15, 0.2) is 0 Å². The molecule has 1 heterocycles. The summed E-state index contributed by atoms with van der Waals surface area (Å²) in [5, 5.41) is 0.249. The van der Waals surface area contributed by atoms with Crippen LogP contribution in [-0.2, 0) is 16.0 Å². The van der Waals surface area contributed by atoms with Gasteiger partial charge in [-0.2, -0.15) is 8.42 Å². The van der Waals surface area contributed by atoms with Gasteiger partial charge in [0.1, 0.15) is 10.8 Å². The van der Waals surface area contributed by atoms with Gasteiger partial charge in [0, 0.05) is 0 Å². The number of rotatable bonds is 2.